The molecule has 0 saturated carbocycles. The van der Waals surface area contributed by atoms with Crippen LogP contribution in [0.5, 0.6) is 23.0 Å². The zero-order valence-corrected chi connectivity index (χ0v) is 19.4. The van der Waals surface area contributed by atoms with E-state index in [4.69, 9.17) is 30.5 Å². The highest BCUT2D eigenvalue weighted by molar-refractivity contribution is 6.34. The van der Waals surface area contributed by atoms with Gasteiger partial charge >= 0.3 is 0 Å². The lowest BCUT2D eigenvalue weighted by Gasteiger charge is -2.17. The van der Waals surface area contributed by atoms with Crippen LogP contribution >= 0.6 is 11.6 Å². The van der Waals surface area contributed by atoms with Gasteiger partial charge in [0.1, 0.15) is 10.8 Å². The maximum absolute atomic E-state index is 12.8. The van der Waals surface area contributed by atoms with Gasteiger partial charge in [-0.3, -0.25) is 9.59 Å². The van der Waals surface area contributed by atoms with Gasteiger partial charge < -0.3 is 24.3 Å². The molecule has 1 N–H and O–H groups in total. The van der Waals surface area contributed by atoms with Crippen molar-refractivity contribution < 1.29 is 28.5 Å². The number of hydrogen-bond acceptors (Lipinski definition) is 8. The van der Waals surface area contributed by atoms with Crippen molar-refractivity contribution in [2.45, 2.75) is 26.8 Å². The first-order valence-electron chi connectivity index (χ1n) is 9.88. The number of rotatable bonds is 11. The number of amides is 1. The van der Waals surface area contributed by atoms with Gasteiger partial charge in [0, 0.05) is 6.07 Å². The van der Waals surface area contributed by atoms with Crippen molar-refractivity contribution in [1.82, 2.24) is 0 Å². The lowest BCUT2D eigenvalue weighted by atomic mass is 10.2. The van der Waals surface area contributed by atoms with Gasteiger partial charge in [-0.25, -0.2) is 0 Å². The van der Waals surface area contributed by atoms with Crippen molar-refractivity contribution in [2.24, 2.45) is 10.2 Å². The van der Waals surface area contributed by atoms with Crippen LogP contribution in [-0.2, 0) is 9.59 Å². The largest absolute Gasteiger partial charge is 0.493 e. The summed E-state index contributed by atoms with van der Waals surface area (Å²) in [6, 6.07) is 6.67. The van der Waals surface area contributed by atoms with Gasteiger partial charge in [0.2, 0.25) is 6.04 Å². The van der Waals surface area contributed by atoms with Gasteiger partial charge in [0.15, 0.2) is 23.0 Å². The lowest BCUT2D eigenvalue weighted by Crippen LogP contribution is -2.32. The van der Waals surface area contributed by atoms with E-state index in [1.54, 1.807) is 37.3 Å². The Morgan fingerprint density at radius 1 is 1.00 bits per heavy atom. The Kier molecular flexibility index (Phi) is 9.27. The maximum Gasteiger partial charge on any atom is 0.258 e. The minimum absolute atomic E-state index is 0.220. The second-order valence-corrected chi connectivity index (χ2v) is 6.76. The smallest absolute Gasteiger partial charge is 0.258 e. The van der Waals surface area contributed by atoms with E-state index in [0.29, 0.717) is 36.1 Å². The van der Waals surface area contributed by atoms with Crippen LogP contribution in [0.3, 0.4) is 0 Å². The highest BCUT2D eigenvalue weighted by Crippen LogP contribution is 2.40. The highest BCUT2D eigenvalue weighted by atomic mass is 35.5. The zero-order chi connectivity index (χ0) is 23.7. The molecule has 172 valence electrons. The first-order valence-corrected chi connectivity index (χ1v) is 10.3. The summed E-state index contributed by atoms with van der Waals surface area (Å²) in [6.07, 6.45) is 0. The van der Waals surface area contributed by atoms with Gasteiger partial charge in [0.05, 0.1) is 38.8 Å². The fourth-order valence-corrected chi connectivity index (χ4v) is 2.99. The molecule has 2 aromatic rings. The van der Waals surface area contributed by atoms with Crippen LogP contribution < -0.4 is 24.3 Å². The van der Waals surface area contributed by atoms with E-state index < -0.39 is 17.7 Å². The van der Waals surface area contributed by atoms with Crippen molar-refractivity contribution in [1.29, 1.82) is 0 Å². The minimum Gasteiger partial charge on any atom is -0.493 e. The highest BCUT2D eigenvalue weighted by Gasteiger charge is 2.25. The molecular weight excluding hydrogens is 438 g/mol. The number of carbonyl (C=O) groups excluding carboxylic acids is 2. The Morgan fingerprint density at radius 3 is 2.25 bits per heavy atom. The van der Waals surface area contributed by atoms with Gasteiger partial charge in [-0.2, -0.15) is 10.2 Å². The average molecular weight is 464 g/mol. The molecule has 0 spiro atoms. The molecule has 2 rings (SSSR count). The standard InChI is InChI=1S/C22H26ClN3O6/c1-6-31-17-11-9-15(21(19(17)23)32-7-2)24-22(28)20(13(3)27)26-25-14-8-10-16(29-4)18(12-14)30-5/h8-12,20H,6-7H2,1-5H3,(H,24,28). The first-order chi connectivity index (χ1) is 15.4. The number of ether oxygens (including phenoxy) is 4. The van der Waals surface area contributed by atoms with Crippen molar-refractivity contribution in [3.05, 3.63) is 35.4 Å². The number of ketones is 1. The third kappa shape index (κ3) is 6.10. The van der Waals surface area contributed by atoms with E-state index >= 15 is 0 Å². The summed E-state index contributed by atoms with van der Waals surface area (Å²) >= 11 is 6.36. The summed E-state index contributed by atoms with van der Waals surface area (Å²) in [7, 11) is 3.00. The summed E-state index contributed by atoms with van der Waals surface area (Å²) in [5.74, 6) is 0.463. The van der Waals surface area contributed by atoms with Crippen LogP contribution in [0.4, 0.5) is 11.4 Å². The summed E-state index contributed by atoms with van der Waals surface area (Å²) < 4.78 is 21.4. The molecule has 0 aliphatic heterocycles. The molecule has 0 aliphatic rings. The molecule has 9 nitrogen and oxygen atoms in total. The van der Waals surface area contributed by atoms with Crippen LogP contribution in [0.2, 0.25) is 5.02 Å². The maximum atomic E-state index is 12.8. The van der Waals surface area contributed by atoms with Gasteiger partial charge in [0.25, 0.3) is 5.91 Å². The molecule has 0 bridgehead atoms. The quantitative estimate of drug-likeness (QED) is 0.377. The van der Waals surface area contributed by atoms with Crippen molar-refractivity contribution >= 4 is 34.7 Å². The molecular formula is C22H26ClN3O6. The number of Topliss-reactive ketones (excluding diaryl/α,β-unsaturated/α-hetero) is 1. The molecule has 32 heavy (non-hydrogen) atoms. The Labute approximate surface area is 191 Å². The third-order valence-corrected chi connectivity index (χ3v) is 4.56. The van der Waals surface area contributed by atoms with Crippen LogP contribution in [0.25, 0.3) is 0 Å². The molecule has 0 aliphatic carbocycles. The number of benzene rings is 2. The summed E-state index contributed by atoms with van der Waals surface area (Å²) in [5.41, 5.74) is 0.679. The average Bonchev–Trinajstić information content (AvgIpc) is 2.77. The SMILES string of the molecule is CCOc1ccc(NC(=O)C(N=Nc2ccc(OC)c(OC)c2)C(C)=O)c(OCC)c1Cl. The van der Waals surface area contributed by atoms with E-state index in [1.807, 2.05) is 6.92 Å². The van der Waals surface area contributed by atoms with E-state index in [2.05, 4.69) is 15.5 Å². The first kappa shape index (κ1) is 24.9. The predicted molar refractivity (Wildman–Crippen MR) is 121 cm³/mol. The summed E-state index contributed by atoms with van der Waals surface area (Å²) in [4.78, 5) is 24.9. The molecule has 1 unspecified atom stereocenters. The summed E-state index contributed by atoms with van der Waals surface area (Å²) in [6.45, 7) is 5.60. The Morgan fingerprint density at radius 2 is 1.66 bits per heavy atom. The van der Waals surface area contributed by atoms with Crippen LogP contribution in [-0.4, -0.2) is 45.2 Å². The number of hydrogen-bond donors (Lipinski definition) is 1. The second kappa shape index (κ2) is 11.9. The van der Waals surface area contributed by atoms with E-state index in [-0.39, 0.29) is 16.5 Å². The van der Waals surface area contributed by atoms with Crippen molar-refractivity contribution in [2.75, 3.05) is 32.8 Å². The van der Waals surface area contributed by atoms with Crippen LogP contribution in [0.1, 0.15) is 20.8 Å². The molecule has 0 aromatic heterocycles. The Balaban J connectivity index is 2.29. The number of nitrogens with zero attached hydrogens (tertiary/aromatic N) is 2. The molecule has 10 heteroatoms. The van der Waals surface area contributed by atoms with Crippen LogP contribution in [0, 0.1) is 0 Å². The van der Waals surface area contributed by atoms with Crippen LogP contribution in [0.15, 0.2) is 40.6 Å². The van der Waals surface area contributed by atoms with Gasteiger partial charge in [-0.1, -0.05) is 11.6 Å². The topological polar surface area (TPSA) is 108 Å². The normalized spacial score (nSPS) is 11.7. The van der Waals surface area contributed by atoms with Gasteiger partial charge in [-0.05, 0) is 45.0 Å². The third-order valence-electron chi connectivity index (χ3n) is 4.20. The fraction of sp³-hybridized carbons (Fsp3) is 0.364. The number of nitrogens with one attached hydrogen (secondary N) is 1. The molecule has 1 atom stereocenters. The monoisotopic (exact) mass is 463 g/mol. The van der Waals surface area contributed by atoms with Crippen molar-refractivity contribution in [3.8, 4) is 23.0 Å². The number of carbonyl (C=O) groups is 2. The predicted octanol–water partition coefficient (Wildman–Crippen LogP) is 4.83. The van der Waals surface area contributed by atoms with E-state index in [9.17, 15) is 9.59 Å². The number of halogens is 1. The molecule has 2 aromatic carbocycles. The second-order valence-electron chi connectivity index (χ2n) is 6.38. The minimum atomic E-state index is -1.37. The molecule has 0 radical (unpaired) electrons. The molecule has 1 amide bonds. The van der Waals surface area contributed by atoms with Gasteiger partial charge in [-0.15, -0.1) is 0 Å². The molecule has 0 saturated heterocycles. The Hall–Kier alpha value is -3.33. The zero-order valence-electron chi connectivity index (χ0n) is 18.6. The molecule has 0 heterocycles. The lowest BCUT2D eigenvalue weighted by molar-refractivity contribution is -0.126. The van der Waals surface area contributed by atoms with E-state index in [0.717, 1.165) is 0 Å². The van der Waals surface area contributed by atoms with Crippen molar-refractivity contribution in [3.63, 3.8) is 0 Å². The fourth-order valence-electron chi connectivity index (χ4n) is 2.72. The number of azo groups is 1. The summed E-state index contributed by atoms with van der Waals surface area (Å²) in [5, 5.41) is 10.8. The number of methoxy groups -OCH3 is 2. The number of anilines is 1. The van der Waals surface area contributed by atoms with E-state index in [1.165, 1.54) is 21.1 Å². The Bertz CT molecular complexity index is 996. The molecule has 0 fully saturated rings.